The van der Waals surface area contributed by atoms with Gasteiger partial charge in [0.15, 0.2) is 0 Å². The Morgan fingerprint density at radius 1 is 0.633 bits per heavy atom. The molecule has 0 saturated carbocycles. The summed E-state index contributed by atoms with van der Waals surface area (Å²) in [5, 5.41) is 0.298. The molecule has 0 atom stereocenters. The lowest BCUT2D eigenvalue weighted by Gasteiger charge is -2.43. The highest BCUT2D eigenvalue weighted by Gasteiger charge is 2.61. The van der Waals surface area contributed by atoms with Crippen LogP contribution in [0.1, 0.15) is 67.9 Å². The number of benzene rings is 2. The Balaban J connectivity index is 2.92. The maximum absolute atomic E-state index is 14.5. The molecule has 0 saturated heterocycles. The highest BCUT2D eigenvalue weighted by molar-refractivity contribution is 7.64. The standard InChI is InChI=1S/C26H38O2Si2/c1-16(2)30(29(9,10)11,25(27)23-19(5)12-17(3)13-20(23)6)26(28)24-21(7)14-18(4)15-22(24)8/h12-16H,1-11H3. The van der Waals surface area contributed by atoms with Crippen molar-refractivity contribution in [2.45, 2.75) is 80.6 Å². The minimum absolute atomic E-state index is 0.0457. The van der Waals surface area contributed by atoms with E-state index in [9.17, 15) is 9.59 Å². The van der Waals surface area contributed by atoms with Crippen molar-refractivity contribution in [2.24, 2.45) is 0 Å². The number of carbonyl (C=O) groups excluding carboxylic acids is 2. The van der Waals surface area contributed by atoms with Gasteiger partial charge in [0, 0.05) is 11.1 Å². The summed E-state index contributed by atoms with van der Waals surface area (Å²) in [6, 6.07) is 8.32. The van der Waals surface area contributed by atoms with Crippen LogP contribution in [0.15, 0.2) is 24.3 Å². The third-order valence-corrected chi connectivity index (χ3v) is 22.8. The molecule has 2 nitrogen and oxygen atoms in total. The van der Waals surface area contributed by atoms with Crippen LogP contribution in [0.4, 0.5) is 0 Å². The number of aryl methyl sites for hydroxylation is 6. The average molecular weight is 439 g/mol. The Morgan fingerprint density at radius 2 is 0.900 bits per heavy atom. The molecular weight excluding hydrogens is 400 g/mol. The van der Waals surface area contributed by atoms with E-state index in [-0.39, 0.29) is 16.4 Å². The van der Waals surface area contributed by atoms with Crippen LogP contribution in [0.2, 0.25) is 25.2 Å². The molecule has 0 bridgehead atoms. The summed E-state index contributed by atoms with van der Waals surface area (Å²) in [6.45, 7) is 23.1. The van der Waals surface area contributed by atoms with Crippen molar-refractivity contribution in [2.75, 3.05) is 0 Å². The molecule has 2 aromatic carbocycles. The highest BCUT2D eigenvalue weighted by Crippen LogP contribution is 2.39. The van der Waals surface area contributed by atoms with Crippen LogP contribution in [0.5, 0.6) is 0 Å². The number of rotatable bonds is 6. The first-order valence-corrected chi connectivity index (χ1v) is 17.5. The van der Waals surface area contributed by atoms with Crippen molar-refractivity contribution in [1.29, 1.82) is 0 Å². The smallest absolute Gasteiger partial charge is 0.213 e. The van der Waals surface area contributed by atoms with Crippen molar-refractivity contribution >= 4 is 26.0 Å². The van der Waals surface area contributed by atoms with E-state index in [1.54, 1.807) is 0 Å². The summed E-state index contributed by atoms with van der Waals surface area (Å²) in [4.78, 5) is 29.0. The summed E-state index contributed by atoms with van der Waals surface area (Å²) in [5.41, 5.74) is 7.93. The molecule has 0 aromatic heterocycles. The Labute approximate surface area is 184 Å². The zero-order chi connectivity index (χ0) is 23.2. The normalized spacial score (nSPS) is 12.4. The minimum Gasteiger partial charge on any atom is -0.300 e. The van der Waals surface area contributed by atoms with Crippen molar-refractivity contribution < 1.29 is 9.59 Å². The van der Waals surface area contributed by atoms with E-state index in [4.69, 9.17) is 0 Å². The van der Waals surface area contributed by atoms with E-state index in [0.29, 0.717) is 0 Å². The molecule has 0 radical (unpaired) electrons. The molecule has 0 fully saturated rings. The number of carbonyl (C=O) groups is 2. The molecule has 30 heavy (non-hydrogen) atoms. The molecule has 0 aliphatic rings. The van der Waals surface area contributed by atoms with Crippen molar-refractivity contribution in [3.63, 3.8) is 0 Å². The van der Waals surface area contributed by atoms with Gasteiger partial charge < -0.3 is 0 Å². The van der Waals surface area contributed by atoms with Crippen LogP contribution in [0, 0.1) is 41.5 Å². The average Bonchev–Trinajstić information content (AvgIpc) is 2.51. The van der Waals surface area contributed by atoms with E-state index in [2.05, 4.69) is 71.6 Å². The van der Waals surface area contributed by atoms with Gasteiger partial charge in [-0.3, -0.25) is 9.59 Å². The quantitative estimate of drug-likeness (QED) is 0.457. The Bertz CT molecular complexity index is 895. The predicted molar refractivity (Wildman–Crippen MR) is 134 cm³/mol. The molecule has 0 amide bonds. The van der Waals surface area contributed by atoms with E-state index in [1.807, 2.05) is 27.7 Å². The van der Waals surface area contributed by atoms with Crippen LogP contribution in [0.25, 0.3) is 0 Å². The lowest BCUT2D eigenvalue weighted by atomic mass is 10.0. The van der Waals surface area contributed by atoms with Crippen LogP contribution >= 0.6 is 0 Å². The first-order valence-electron chi connectivity index (χ1n) is 10.9. The number of hydrogen-bond acceptors (Lipinski definition) is 2. The molecule has 0 aliphatic heterocycles. The molecule has 0 unspecified atom stereocenters. The van der Waals surface area contributed by atoms with Gasteiger partial charge in [-0.15, -0.1) is 0 Å². The monoisotopic (exact) mass is 438 g/mol. The first-order chi connectivity index (χ1) is 13.7. The first kappa shape index (κ1) is 24.5. The minimum atomic E-state index is -3.06. The van der Waals surface area contributed by atoms with Crippen LogP contribution < -0.4 is 0 Å². The van der Waals surface area contributed by atoms with Crippen molar-refractivity contribution in [1.82, 2.24) is 0 Å². The molecule has 4 heteroatoms. The third-order valence-electron chi connectivity index (χ3n) is 6.57. The van der Waals surface area contributed by atoms with Gasteiger partial charge in [-0.1, -0.05) is 68.9 Å². The maximum Gasteiger partial charge on any atom is 0.213 e. The molecule has 162 valence electrons. The van der Waals surface area contributed by atoms with Gasteiger partial charge >= 0.3 is 0 Å². The van der Waals surface area contributed by atoms with Gasteiger partial charge in [-0.2, -0.15) is 0 Å². The summed E-state index contributed by atoms with van der Waals surface area (Å²) < 4.78 is 0. The van der Waals surface area contributed by atoms with E-state index >= 15 is 0 Å². The fraction of sp³-hybridized carbons (Fsp3) is 0.462. The summed E-state index contributed by atoms with van der Waals surface area (Å²) in [6.07, 6.45) is 0. The summed E-state index contributed by atoms with van der Waals surface area (Å²) >= 11 is 0. The van der Waals surface area contributed by atoms with Gasteiger partial charge in [-0.05, 0) is 69.3 Å². The molecule has 0 heterocycles. The Kier molecular flexibility index (Phi) is 6.85. The van der Waals surface area contributed by atoms with E-state index in [1.165, 1.54) is 0 Å². The fourth-order valence-corrected chi connectivity index (χ4v) is 21.6. The Hall–Kier alpha value is -1.79. The SMILES string of the molecule is Cc1cc(C)c(C(=O)[Si](C(=O)c2c(C)cc(C)cc2C)(C(C)C)[Si](C)(C)C)c(C)c1. The van der Waals surface area contributed by atoms with Gasteiger partial charge in [-0.25, -0.2) is 0 Å². The molecule has 2 rings (SSSR count). The molecule has 0 spiro atoms. The second kappa shape index (κ2) is 8.39. The summed E-state index contributed by atoms with van der Waals surface area (Å²) in [7, 11) is -5.23. The second-order valence-electron chi connectivity index (χ2n) is 10.4. The lowest BCUT2D eigenvalue weighted by molar-refractivity contribution is 0.102. The highest BCUT2D eigenvalue weighted by atomic mass is 29.3. The maximum atomic E-state index is 14.5. The van der Waals surface area contributed by atoms with Crippen LogP contribution in [-0.4, -0.2) is 26.0 Å². The second-order valence-corrected chi connectivity index (χ2v) is 25.5. The van der Waals surface area contributed by atoms with E-state index in [0.717, 1.165) is 44.5 Å². The predicted octanol–water partition coefficient (Wildman–Crippen LogP) is 6.96. The lowest BCUT2D eigenvalue weighted by Crippen LogP contribution is -2.71. The van der Waals surface area contributed by atoms with Gasteiger partial charge in [0.1, 0.15) is 10.8 Å². The fourth-order valence-electron chi connectivity index (χ4n) is 5.65. The zero-order valence-electron chi connectivity index (χ0n) is 20.7. The van der Waals surface area contributed by atoms with E-state index < -0.39 is 15.2 Å². The van der Waals surface area contributed by atoms with Crippen LogP contribution in [0.3, 0.4) is 0 Å². The van der Waals surface area contributed by atoms with Gasteiger partial charge in [0.25, 0.3) is 0 Å². The largest absolute Gasteiger partial charge is 0.300 e. The zero-order valence-corrected chi connectivity index (χ0v) is 22.7. The third kappa shape index (κ3) is 3.92. The topological polar surface area (TPSA) is 34.1 Å². The van der Waals surface area contributed by atoms with Crippen molar-refractivity contribution in [3.05, 3.63) is 68.8 Å². The molecule has 0 N–H and O–H groups in total. The molecule has 0 aliphatic carbocycles. The molecular formula is C26H38O2Si2. The van der Waals surface area contributed by atoms with Crippen LogP contribution in [-0.2, 0) is 0 Å². The van der Waals surface area contributed by atoms with Gasteiger partial charge in [0.2, 0.25) is 7.59 Å². The van der Waals surface area contributed by atoms with Crippen molar-refractivity contribution in [3.8, 4) is 0 Å². The molecule has 2 aromatic rings. The number of hydrogen-bond donors (Lipinski definition) is 0. The van der Waals surface area contributed by atoms with Gasteiger partial charge in [0.05, 0.1) is 7.59 Å². The Morgan fingerprint density at radius 3 is 1.10 bits per heavy atom. The summed E-state index contributed by atoms with van der Waals surface area (Å²) in [5.74, 6) is 0.